The lowest BCUT2D eigenvalue weighted by Gasteiger charge is -1.99. The summed E-state index contributed by atoms with van der Waals surface area (Å²) in [5.74, 6) is 0.760. The molecular formula is C8H6N4O3. The maximum absolute atomic E-state index is 10.2. The molecule has 1 heterocycles. The van der Waals surface area contributed by atoms with Gasteiger partial charge in [0.1, 0.15) is 5.75 Å². The fraction of sp³-hybridized carbons (Fsp3) is 0. The van der Waals surface area contributed by atoms with E-state index in [1.165, 1.54) is 12.1 Å². The second-order valence-electron chi connectivity index (χ2n) is 2.64. The van der Waals surface area contributed by atoms with E-state index in [1.807, 2.05) is 0 Å². The smallest absolute Gasteiger partial charge is 0.449 e. The molecule has 0 atom stereocenters. The Hall–Kier alpha value is -2.44. The Bertz CT molecular complexity index is 451. The van der Waals surface area contributed by atoms with Crippen LogP contribution in [0.15, 0.2) is 24.3 Å². The summed E-state index contributed by atoms with van der Waals surface area (Å²) in [5, 5.41) is 21.5. The van der Waals surface area contributed by atoms with Crippen LogP contribution in [0.5, 0.6) is 5.75 Å². The monoisotopic (exact) mass is 206 g/mol. The lowest BCUT2D eigenvalue weighted by molar-refractivity contribution is 0.144. The lowest BCUT2D eigenvalue weighted by atomic mass is 10.2. The second kappa shape index (κ2) is 3.74. The van der Waals surface area contributed by atoms with Crippen LogP contribution >= 0.6 is 0 Å². The van der Waals surface area contributed by atoms with Gasteiger partial charge in [-0.25, -0.2) is 9.89 Å². The van der Waals surface area contributed by atoms with E-state index in [9.17, 15) is 4.79 Å². The van der Waals surface area contributed by atoms with Crippen LogP contribution in [0, 0.1) is 0 Å². The number of carboxylic acid groups (broad SMARTS) is 1. The van der Waals surface area contributed by atoms with Crippen LogP contribution in [0.3, 0.4) is 0 Å². The first-order valence-corrected chi connectivity index (χ1v) is 4.00. The van der Waals surface area contributed by atoms with Gasteiger partial charge in [0.2, 0.25) is 0 Å². The van der Waals surface area contributed by atoms with Gasteiger partial charge in [-0.05, 0) is 34.7 Å². The number of H-pyrrole nitrogens is 1. The van der Waals surface area contributed by atoms with Gasteiger partial charge in [-0.2, -0.15) is 0 Å². The van der Waals surface area contributed by atoms with Crippen molar-refractivity contribution >= 4 is 6.16 Å². The highest BCUT2D eigenvalue weighted by Crippen LogP contribution is 2.18. The molecule has 0 saturated heterocycles. The van der Waals surface area contributed by atoms with E-state index in [4.69, 9.17) is 5.11 Å². The number of rotatable bonds is 2. The number of ether oxygens (including phenoxy) is 1. The summed E-state index contributed by atoms with van der Waals surface area (Å²) in [6.45, 7) is 0. The van der Waals surface area contributed by atoms with E-state index in [0.717, 1.165) is 5.56 Å². The van der Waals surface area contributed by atoms with Crippen molar-refractivity contribution in [2.45, 2.75) is 0 Å². The average Bonchev–Trinajstić information content (AvgIpc) is 2.71. The maximum atomic E-state index is 10.2. The highest BCUT2D eigenvalue weighted by Gasteiger charge is 2.03. The van der Waals surface area contributed by atoms with Crippen molar-refractivity contribution in [2.24, 2.45) is 0 Å². The van der Waals surface area contributed by atoms with E-state index in [-0.39, 0.29) is 5.75 Å². The Morgan fingerprint density at radius 1 is 1.33 bits per heavy atom. The number of nitrogens with one attached hydrogen (secondary N) is 1. The van der Waals surface area contributed by atoms with Crippen LogP contribution < -0.4 is 4.74 Å². The number of aromatic amines is 1. The number of carbonyl (C=O) groups is 1. The first-order valence-electron chi connectivity index (χ1n) is 4.00. The van der Waals surface area contributed by atoms with Crippen molar-refractivity contribution < 1.29 is 14.6 Å². The SMILES string of the molecule is O=C(O)Oc1ccc(-c2nnn[nH]2)cc1. The summed E-state index contributed by atoms with van der Waals surface area (Å²) in [5.41, 5.74) is 0.748. The first-order chi connectivity index (χ1) is 7.25. The van der Waals surface area contributed by atoms with Gasteiger partial charge in [-0.1, -0.05) is 0 Å². The number of benzene rings is 1. The Balaban J connectivity index is 2.21. The number of hydrogen-bond acceptors (Lipinski definition) is 5. The summed E-state index contributed by atoms with van der Waals surface area (Å²) in [4.78, 5) is 10.2. The van der Waals surface area contributed by atoms with Gasteiger partial charge in [0.05, 0.1) is 0 Å². The predicted molar refractivity (Wildman–Crippen MR) is 48.3 cm³/mol. The fourth-order valence-electron chi connectivity index (χ4n) is 1.06. The molecule has 15 heavy (non-hydrogen) atoms. The fourth-order valence-corrected chi connectivity index (χ4v) is 1.06. The zero-order chi connectivity index (χ0) is 10.7. The van der Waals surface area contributed by atoms with Gasteiger partial charge in [-0.3, -0.25) is 0 Å². The maximum Gasteiger partial charge on any atom is 0.511 e. The normalized spacial score (nSPS) is 9.87. The molecule has 0 bridgehead atoms. The number of aromatic nitrogens is 4. The summed E-state index contributed by atoms with van der Waals surface area (Å²) in [6.07, 6.45) is -1.34. The van der Waals surface area contributed by atoms with Crippen LogP contribution in [0.25, 0.3) is 11.4 Å². The summed E-state index contributed by atoms with van der Waals surface area (Å²) in [6, 6.07) is 6.35. The molecule has 0 aliphatic rings. The third-order valence-corrected chi connectivity index (χ3v) is 1.68. The summed E-state index contributed by atoms with van der Waals surface area (Å²) in [7, 11) is 0. The topological polar surface area (TPSA) is 101 Å². The largest absolute Gasteiger partial charge is 0.511 e. The van der Waals surface area contributed by atoms with Gasteiger partial charge in [0.25, 0.3) is 0 Å². The number of nitrogens with zero attached hydrogens (tertiary/aromatic N) is 3. The van der Waals surface area contributed by atoms with Crippen molar-refractivity contribution in [2.75, 3.05) is 0 Å². The third-order valence-electron chi connectivity index (χ3n) is 1.68. The molecule has 1 aromatic heterocycles. The van der Waals surface area contributed by atoms with E-state index >= 15 is 0 Å². The van der Waals surface area contributed by atoms with E-state index in [2.05, 4.69) is 25.4 Å². The van der Waals surface area contributed by atoms with Crippen molar-refractivity contribution in [3.05, 3.63) is 24.3 Å². The summed E-state index contributed by atoms with van der Waals surface area (Å²) >= 11 is 0. The average molecular weight is 206 g/mol. The highest BCUT2D eigenvalue weighted by molar-refractivity contribution is 5.62. The van der Waals surface area contributed by atoms with Gasteiger partial charge in [0.15, 0.2) is 5.82 Å². The molecule has 0 aliphatic carbocycles. The molecule has 2 N–H and O–H groups in total. The molecule has 0 spiro atoms. The number of tetrazole rings is 1. The van der Waals surface area contributed by atoms with Crippen LogP contribution in [-0.2, 0) is 0 Å². The second-order valence-corrected chi connectivity index (χ2v) is 2.64. The minimum absolute atomic E-state index is 0.249. The zero-order valence-corrected chi connectivity index (χ0v) is 7.41. The third kappa shape index (κ3) is 2.08. The molecule has 0 radical (unpaired) electrons. The zero-order valence-electron chi connectivity index (χ0n) is 7.41. The van der Waals surface area contributed by atoms with Crippen LogP contribution in [-0.4, -0.2) is 31.9 Å². The number of hydrogen-bond donors (Lipinski definition) is 2. The van der Waals surface area contributed by atoms with Crippen molar-refractivity contribution in [1.29, 1.82) is 0 Å². The molecule has 7 heteroatoms. The molecule has 76 valence electrons. The van der Waals surface area contributed by atoms with Crippen molar-refractivity contribution in [3.63, 3.8) is 0 Å². The van der Waals surface area contributed by atoms with Crippen molar-refractivity contribution in [3.8, 4) is 17.1 Å². The van der Waals surface area contributed by atoms with Crippen LogP contribution in [0.2, 0.25) is 0 Å². The molecular weight excluding hydrogens is 200 g/mol. The molecule has 7 nitrogen and oxygen atoms in total. The molecule has 0 unspecified atom stereocenters. The molecule has 2 rings (SSSR count). The highest BCUT2D eigenvalue weighted by atomic mass is 16.7. The van der Waals surface area contributed by atoms with Crippen molar-refractivity contribution in [1.82, 2.24) is 20.6 Å². The first kappa shape index (κ1) is 9.13. The lowest BCUT2D eigenvalue weighted by Crippen LogP contribution is -2.02. The van der Waals surface area contributed by atoms with E-state index in [0.29, 0.717) is 5.82 Å². The quantitative estimate of drug-likeness (QED) is 0.559. The minimum atomic E-state index is -1.34. The van der Waals surface area contributed by atoms with Gasteiger partial charge >= 0.3 is 6.16 Å². The van der Waals surface area contributed by atoms with Crippen LogP contribution in [0.1, 0.15) is 0 Å². The van der Waals surface area contributed by atoms with Gasteiger partial charge in [-0.15, -0.1) is 5.10 Å². The Morgan fingerprint density at radius 3 is 2.60 bits per heavy atom. The molecule has 0 amide bonds. The standard InChI is InChI=1S/C8H6N4O3/c13-8(14)15-6-3-1-5(2-4-6)7-9-11-12-10-7/h1-4H,(H,13,14)(H,9,10,11,12). The summed E-state index contributed by atoms with van der Waals surface area (Å²) < 4.78 is 4.44. The molecule has 2 aromatic rings. The Morgan fingerprint density at radius 2 is 2.07 bits per heavy atom. The molecule has 1 aromatic carbocycles. The minimum Gasteiger partial charge on any atom is -0.449 e. The molecule has 0 fully saturated rings. The van der Waals surface area contributed by atoms with Crippen LogP contribution in [0.4, 0.5) is 4.79 Å². The molecule has 0 saturated carbocycles. The van der Waals surface area contributed by atoms with Gasteiger partial charge in [0, 0.05) is 5.56 Å². The predicted octanol–water partition coefficient (Wildman–Crippen LogP) is 0.923. The van der Waals surface area contributed by atoms with E-state index < -0.39 is 6.16 Å². The Labute approximate surface area is 83.7 Å². The molecule has 0 aliphatic heterocycles. The Kier molecular flexibility index (Phi) is 2.28. The van der Waals surface area contributed by atoms with E-state index in [1.54, 1.807) is 12.1 Å². The van der Waals surface area contributed by atoms with Gasteiger partial charge < -0.3 is 9.84 Å².